The van der Waals surface area contributed by atoms with Crippen molar-refractivity contribution in [3.63, 3.8) is 0 Å². The number of carbonyl (C=O) groups excluding carboxylic acids is 1. The van der Waals surface area contributed by atoms with Crippen molar-refractivity contribution < 1.29 is 9.18 Å². The zero-order chi connectivity index (χ0) is 15.2. The van der Waals surface area contributed by atoms with E-state index in [1.54, 1.807) is 12.1 Å². The molecule has 1 amide bonds. The van der Waals surface area contributed by atoms with E-state index < -0.39 is 5.82 Å². The molecular weight excluding hydrogens is 289 g/mol. The Morgan fingerprint density at radius 3 is 2.62 bits per heavy atom. The fourth-order valence-electron chi connectivity index (χ4n) is 1.87. The fourth-order valence-corrected chi connectivity index (χ4v) is 2.06. The van der Waals surface area contributed by atoms with Crippen LogP contribution in [0.1, 0.15) is 24.1 Å². The van der Waals surface area contributed by atoms with Gasteiger partial charge in [0, 0.05) is 6.08 Å². The van der Waals surface area contributed by atoms with E-state index in [0.717, 1.165) is 5.56 Å². The molecule has 4 heteroatoms. The summed E-state index contributed by atoms with van der Waals surface area (Å²) in [6.07, 6.45) is 3.00. The van der Waals surface area contributed by atoms with Gasteiger partial charge in [-0.2, -0.15) is 0 Å². The normalized spacial score (nSPS) is 12.3. The van der Waals surface area contributed by atoms with Crippen LogP contribution in [0.25, 0.3) is 6.08 Å². The first-order chi connectivity index (χ1) is 10.1. The number of rotatable bonds is 4. The van der Waals surface area contributed by atoms with Crippen molar-refractivity contribution in [2.45, 2.75) is 13.0 Å². The van der Waals surface area contributed by atoms with Crippen LogP contribution >= 0.6 is 11.6 Å². The molecule has 0 unspecified atom stereocenters. The van der Waals surface area contributed by atoms with Crippen LogP contribution in [-0.4, -0.2) is 5.91 Å². The monoisotopic (exact) mass is 303 g/mol. The Bertz CT molecular complexity index is 655. The molecule has 2 rings (SSSR count). The maximum atomic E-state index is 13.0. The molecule has 2 aromatic rings. The molecule has 2 nitrogen and oxygen atoms in total. The lowest BCUT2D eigenvalue weighted by Gasteiger charge is -2.12. The Morgan fingerprint density at radius 1 is 1.24 bits per heavy atom. The van der Waals surface area contributed by atoms with Gasteiger partial charge in [-0.3, -0.25) is 4.79 Å². The molecule has 0 bridgehead atoms. The van der Waals surface area contributed by atoms with Gasteiger partial charge in [0.2, 0.25) is 5.91 Å². The number of benzene rings is 2. The van der Waals surface area contributed by atoms with Crippen molar-refractivity contribution in [2.75, 3.05) is 0 Å². The van der Waals surface area contributed by atoms with Gasteiger partial charge in [0.15, 0.2) is 0 Å². The van der Waals surface area contributed by atoms with Crippen LogP contribution < -0.4 is 5.32 Å². The van der Waals surface area contributed by atoms with Crippen molar-refractivity contribution in [1.29, 1.82) is 0 Å². The number of carbonyl (C=O) groups is 1. The van der Waals surface area contributed by atoms with E-state index in [2.05, 4.69) is 5.32 Å². The molecule has 1 N–H and O–H groups in total. The summed E-state index contributed by atoms with van der Waals surface area (Å²) in [6, 6.07) is 13.9. The smallest absolute Gasteiger partial charge is 0.244 e. The van der Waals surface area contributed by atoms with Crippen LogP contribution in [0.4, 0.5) is 4.39 Å². The van der Waals surface area contributed by atoms with Crippen LogP contribution in [0.3, 0.4) is 0 Å². The lowest BCUT2D eigenvalue weighted by atomic mass is 10.1. The summed E-state index contributed by atoms with van der Waals surface area (Å²) in [7, 11) is 0. The molecule has 0 aliphatic heterocycles. The Balaban J connectivity index is 1.98. The highest BCUT2D eigenvalue weighted by molar-refractivity contribution is 6.30. The molecule has 0 saturated heterocycles. The third kappa shape index (κ3) is 4.43. The van der Waals surface area contributed by atoms with Crippen molar-refractivity contribution in [3.05, 3.63) is 76.6 Å². The summed E-state index contributed by atoms with van der Waals surface area (Å²) in [4.78, 5) is 11.8. The summed E-state index contributed by atoms with van der Waals surface area (Å²) in [5.74, 6) is -0.692. The molecule has 0 heterocycles. The molecule has 0 fully saturated rings. The first-order valence-electron chi connectivity index (χ1n) is 6.55. The maximum absolute atomic E-state index is 13.0. The van der Waals surface area contributed by atoms with Crippen LogP contribution in [0.5, 0.6) is 0 Å². The van der Waals surface area contributed by atoms with Crippen molar-refractivity contribution >= 4 is 23.6 Å². The molecule has 0 aliphatic rings. The maximum Gasteiger partial charge on any atom is 0.244 e. The first kappa shape index (κ1) is 15.3. The van der Waals surface area contributed by atoms with E-state index in [9.17, 15) is 9.18 Å². The van der Waals surface area contributed by atoms with Gasteiger partial charge in [0.25, 0.3) is 0 Å². The van der Waals surface area contributed by atoms with E-state index in [-0.39, 0.29) is 17.0 Å². The zero-order valence-corrected chi connectivity index (χ0v) is 12.3. The van der Waals surface area contributed by atoms with Crippen molar-refractivity contribution in [3.8, 4) is 0 Å². The van der Waals surface area contributed by atoms with Gasteiger partial charge in [-0.25, -0.2) is 4.39 Å². The third-order valence-corrected chi connectivity index (χ3v) is 3.32. The summed E-state index contributed by atoms with van der Waals surface area (Å²) in [5, 5.41) is 2.90. The molecule has 0 spiro atoms. The lowest BCUT2D eigenvalue weighted by molar-refractivity contribution is -0.117. The predicted molar refractivity (Wildman–Crippen MR) is 83.4 cm³/mol. The minimum Gasteiger partial charge on any atom is -0.346 e. The van der Waals surface area contributed by atoms with E-state index in [4.69, 9.17) is 11.6 Å². The molecule has 0 radical (unpaired) electrons. The topological polar surface area (TPSA) is 29.1 Å². The van der Waals surface area contributed by atoms with Gasteiger partial charge >= 0.3 is 0 Å². The van der Waals surface area contributed by atoms with Crippen LogP contribution in [0.15, 0.2) is 54.6 Å². The average molecular weight is 304 g/mol. The van der Waals surface area contributed by atoms with Crippen molar-refractivity contribution in [2.24, 2.45) is 0 Å². The van der Waals surface area contributed by atoms with Crippen LogP contribution in [0, 0.1) is 5.82 Å². The van der Waals surface area contributed by atoms with Gasteiger partial charge < -0.3 is 5.32 Å². The van der Waals surface area contributed by atoms with Crippen LogP contribution in [0.2, 0.25) is 5.02 Å². The summed E-state index contributed by atoms with van der Waals surface area (Å²) in [6.45, 7) is 1.91. The average Bonchev–Trinajstić information content (AvgIpc) is 2.49. The highest BCUT2D eigenvalue weighted by atomic mass is 35.5. The van der Waals surface area contributed by atoms with Crippen LogP contribution in [-0.2, 0) is 4.79 Å². The summed E-state index contributed by atoms with van der Waals surface area (Å²) < 4.78 is 13.0. The number of hydrogen-bond acceptors (Lipinski definition) is 1. The Morgan fingerprint density at radius 2 is 1.95 bits per heavy atom. The first-order valence-corrected chi connectivity index (χ1v) is 6.92. The fraction of sp³-hybridized carbons (Fsp3) is 0.118. The molecule has 1 atom stereocenters. The molecule has 0 aliphatic carbocycles. The third-order valence-electron chi connectivity index (χ3n) is 3.03. The highest BCUT2D eigenvalue weighted by Crippen LogP contribution is 2.17. The molecular formula is C17H15ClFNO. The number of nitrogens with one attached hydrogen (secondary N) is 1. The zero-order valence-electron chi connectivity index (χ0n) is 11.5. The number of halogens is 2. The molecule has 0 aromatic heterocycles. The van der Waals surface area contributed by atoms with Gasteiger partial charge in [0.05, 0.1) is 11.1 Å². The van der Waals surface area contributed by atoms with Gasteiger partial charge in [-0.05, 0) is 36.3 Å². The van der Waals surface area contributed by atoms with Gasteiger partial charge in [-0.15, -0.1) is 0 Å². The Kier molecular flexibility index (Phi) is 5.12. The minimum atomic E-state index is -0.476. The van der Waals surface area contributed by atoms with Gasteiger partial charge in [-0.1, -0.05) is 48.0 Å². The Labute approximate surface area is 128 Å². The molecule has 0 saturated carbocycles. The second-order valence-electron chi connectivity index (χ2n) is 4.65. The highest BCUT2D eigenvalue weighted by Gasteiger charge is 2.06. The number of hydrogen-bond donors (Lipinski definition) is 1. The van der Waals surface area contributed by atoms with E-state index in [0.29, 0.717) is 5.56 Å². The molecule has 21 heavy (non-hydrogen) atoms. The quantitative estimate of drug-likeness (QED) is 0.835. The number of amides is 1. The second kappa shape index (κ2) is 7.04. The predicted octanol–water partition coefficient (Wildman–Crippen LogP) is 4.37. The minimum absolute atomic E-state index is 0.0372. The van der Waals surface area contributed by atoms with E-state index in [1.807, 2.05) is 37.3 Å². The molecule has 2 aromatic carbocycles. The van der Waals surface area contributed by atoms with E-state index in [1.165, 1.54) is 18.2 Å². The Hall–Kier alpha value is -2.13. The largest absolute Gasteiger partial charge is 0.346 e. The summed E-state index contributed by atoms with van der Waals surface area (Å²) in [5.41, 5.74) is 1.70. The SMILES string of the molecule is C[C@H](NC(=O)/C=C/c1ccc(F)c(Cl)c1)c1ccccc1. The van der Waals surface area contributed by atoms with E-state index >= 15 is 0 Å². The van der Waals surface area contributed by atoms with Gasteiger partial charge in [0.1, 0.15) is 5.82 Å². The molecule has 108 valence electrons. The standard InChI is InChI=1S/C17H15ClFNO/c1-12(14-5-3-2-4-6-14)20-17(21)10-8-13-7-9-16(19)15(18)11-13/h2-12H,1H3,(H,20,21)/b10-8+/t12-/m0/s1. The summed E-state index contributed by atoms with van der Waals surface area (Å²) >= 11 is 5.68. The lowest BCUT2D eigenvalue weighted by Crippen LogP contribution is -2.24. The van der Waals surface area contributed by atoms with Crippen molar-refractivity contribution in [1.82, 2.24) is 5.32 Å². The second-order valence-corrected chi connectivity index (χ2v) is 5.06.